The molecule has 1 rings (SSSR count). The van der Waals surface area contributed by atoms with Crippen LogP contribution in [0.25, 0.3) is 0 Å². The van der Waals surface area contributed by atoms with Crippen LogP contribution in [0.3, 0.4) is 0 Å². The maximum atomic E-state index is 12.1. The fourth-order valence-corrected chi connectivity index (χ4v) is 3.34. The van der Waals surface area contributed by atoms with E-state index < -0.39 is 11.5 Å². The van der Waals surface area contributed by atoms with Crippen LogP contribution >= 0.6 is 11.3 Å². The highest BCUT2D eigenvalue weighted by Gasteiger charge is 2.30. The molecule has 118 valence electrons. The summed E-state index contributed by atoms with van der Waals surface area (Å²) in [5.41, 5.74) is -0.609. The van der Waals surface area contributed by atoms with Crippen LogP contribution in [0.15, 0.2) is 12.1 Å². The van der Waals surface area contributed by atoms with Crippen LogP contribution < -0.4 is 5.32 Å². The second-order valence-electron chi connectivity index (χ2n) is 5.47. The van der Waals surface area contributed by atoms with E-state index in [-0.39, 0.29) is 12.3 Å². The van der Waals surface area contributed by atoms with Crippen LogP contribution in [0.1, 0.15) is 55.7 Å². The normalized spacial score (nSPS) is 11.4. The minimum absolute atomic E-state index is 0.0180. The Kier molecular flexibility index (Phi) is 6.89. The van der Waals surface area contributed by atoms with E-state index in [2.05, 4.69) is 24.4 Å². The molecule has 2 N–H and O–H groups in total. The third-order valence-electron chi connectivity index (χ3n) is 3.87. The molecule has 0 radical (unpaired) electrons. The molecule has 0 aliphatic rings. The molecule has 4 nitrogen and oxygen atoms in total. The summed E-state index contributed by atoms with van der Waals surface area (Å²) in [4.78, 5) is 25.6. The molecule has 1 amide bonds. The van der Waals surface area contributed by atoms with Crippen molar-refractivity contribution in [2.24, 2.45) is 0 Å². The first-order valence-corrected chi connectivity index (χ1v) is 8.30. The Morgan fingerprint density at radius 1 is 1.29 bits per heavy atom. The average Bonchev–Trinajstić information content (AvgIpc) is 2.83. The summed E-state index contributed by atoms with van der Waals surface area (Å²) in [5, 5.41) is 11.9. The van der Waals surface area contributed by atoms with Gasteiger partial charge in [-0.1, -0.05) is 13.8 Å². The summed E-state index contributed by atoms with van der Waals surface area (Å²) in [5.74, 6) is -0.915. The van der Waals surface area contributed by atoms with Gasteiger partial charge in [0.25, 0.3) is 0 Å². The second kappa shape index (κ2) is 8.17. The van der Waals surface area contributed by atoms with Gasteiger partial charge in [-0.2, -0.15) is 0 Å². The number of rotatable bonds is 9. The Morgan fingerprint density at radius 2 is 1.95 bits per heavy atom. The molecular weight excluding hydrogens is 286 g/mol. The van der Waals surface area contributed by atoms with Crippen molar-refractivity contribution < 1.29 is 14.7 Å². The molecule has 5 heteroatoms. The number of nitrogens with one attached hydrogen (secondary N) is 1. The van der Waals surface area contributed by atoms with Gasteiger partial charge in [-0.25, -0.2) is 0 Å². The largest absolute Gasteiger partial charge is 0.481 e. The molecular formula is C16H25NO3S. The summed E-state index contributed by atoms with van der Waals surface area (Å²) in [6, 6.07) is 4.19. The van der Waals surface area contributed by atoms with Crippen molar-refractivity contribution >= 4 is 23.2 Å². The number of carbonyl (C=O) groups excluding carboxylic acids is 1. The van der Waals surface area contributed by atoms with Crippen molar-refractivity contribution in [1.29, 1.82) is 0 Å². The number of carboxylic acids is 1. The van der Waals surface area contributed by atoms with Crippen LogP contribution in [-0.2, 0) is 16.0 Å². The Labute approximate surface area is 130 Å². The van der Waals surface area contributed by atoms with E-state index in [9.17, 15) is 9.59 Å². The van der Waals surface area contributed by atoms with Gasteiger partial charge in [0.15, 0.2) is 0 Å². The Balaban J connectivity index is 2.44. The van der Waals surface area contributed by atoms with Crippen molar-refractivity contribution in [3.05, 3.63) is 21.9 Å². The molecule has 0 aliphatic heterocycles. The highest BCUT2D eigenvalue weighted by Crippen LogP contribution is 2.21. The molecule has 1 aromatic rings. The molecule has 0 fully saturated rings. The molecule has 0 saturated heterocycles. The van der Waals surface area contributed by atoms with E-state index in [0.29, 0.717) is 19.3 Å². The maximum absolute atomic E-state index is 12.1. The fourth-order valence-electron chi connectivity index (χ4n) is 2.41. The number of amides is 1. The molecule has 0 saturated carbocycles. The van der Waals surface area contributed by atoms with Gasteiger partial charge in [-0.15, -0.1) is 11.3 Å². The molecule has 21 heavy (non-hydrogen) atoms. The van der Waals surface area contributed by atoms with Gasteiger partial charge >= 0.3 is 5.97 Å². The Morgan fingerprint density at radius 3 is 2.43 bits per heavy atom. The van der Waals surface area contributed by atoms with E-state index in [1.165, 1.54) is 9.75 Å². The van der Waals surface area contributed by atoms with Gasteiger partial charge in [0, 0.05) is 21.7 Å². The molecule has 0 bridgehead atoms. The summed E-state index contributed by atoms with van der Waals surface area (Å²) < 4.78 is 0. The van der Waals surface area contributed by atoms with Gasteiger partial charge in [0.05, 0.1) is 6.42 Å². The summed E-state index contributed by atoms with van der Waals surface area (Å²) in [7, 11) is 0. The Hall–Kier alpha value is -1.36. The van der Waals surface area contributed by atoms with Crippen LogP contribution in [0, 0.1) is 6.92 Å². The first-order valence-electron chi connectivity index (χ1n) is 7.49. The molecule has 1 aromatic heterocycles. The number of aryl methyl sites for hydroxylation is 2. The van der Waals surface area contributed by atoms with Crippen molar-refractivity contribution in [3.8, 4) is 0 Å². The monoisotopic (exact) mass is 311 g/mol. The zero-order valence-electron chi connectivity index (χ0n) is 13.1. The summed E-state index contributed by atoms with van der Waals surface area (Å²) in [6.07, 6.45) is 3.38. The molecule has 0 aliphatic carbocycles. The lowest BCUT2D eigenvalue weighted by atomic mass is 9.88. The number of carbonyl (C=O) groups is 2. The van der Waals surface area contributed by atoms with E-state index >= 15 is 0 Å². The summed E-state index contributed by atoms with van der Waals surface area (Å²) in [6.45, 7) is 5.91. The van der Waals surface area contributed by atoms with Crippen molar-refractivity contribution in [3.63, 3.8) is 0 Å². The van der Waals surface area contributed by atoms with Gasteiger partial charge in [-0.3, -0.25) is 9.59 Å². The first-order chi connectivity index (χ1) is 9.90. The van der Waals surface area contributed by atoms with Crippen molar-refractivity contribution in [2.45, 2.75) is 64.8 Å². The van der Waals surface area contributed by atoms with E-state index in [4.69, 9.17) is 5.11 Å². The predicted molar refractivity (Wildman–Crippen MR) is 85.7 cm³/mol. The fraction of sp³-hybridized carbons (Fsp3) is 0.625. The molecule has 0 atom stereocenters. The first kappa shape index (κ1) is 17.7. The lowest BCUT2D eigenvalue weighted by Gasteiger charge is -2.31. The quantitative estimate of drug-likeness (QED) is 0.733. The van der Waals surface area contributed by atoms with Crippen molar-refractivity contribution in [1.82, 2.24) is 5.32 Å². The van der Waals surface area contributed by atoms with E-state index in [1.807, 2.05) is 13.8 Å². The topological polar surface area (TPSA) is 66.4 Å². The number of aliphatic carboxylic acids is 1. The lowest BCUT2D eigenvalue weighted by Crippen LogP contribution is -2.49. The number of hydrogen-bond donors (Lipinski definition) is 2. The third-order valence-corrected chi connectivity index (χ3v) is 4.93. The molecule has 1 heterocycles. The van der Waals surface area contributed by atoms with E-state index in [1.54, 1.807) is 11.3 Å². The summed E-state index contributed by atoms with van der Waals surface area (Å²) >= 11 is 1.76. The van der Waals surface area contributed by atoms with Crippen LogP contribution in [0.2, 0.25) is 0 Å². The zero-order valence-corrected chi connectivity index (χ0v) is 13.9. The average molecular weight is 311 g/mol. The number of carboxylic acid groups (broad SMARTS) is 1. The van der Waals surface area contributed by atoms with Gasteiger partial charge in [0.2, 0.25) is 5.91 Å². The second-order valence-corrected chi connectivity index (χ2v) is 6.84. The minimum atomic E-state index is -0.868. The third kappa shape index (κ3) is 5.87. The van der Waals surface area contributed by atoms with Crippen molar-refractivity contribution in [2.75, 3.05) is 0 Å². The highest BCUT2D eigenvalue weighted by atomic mass is 32.1. The molecule has 0 unspecified atom stereocenters. The van der Waals surface area contributed by atoms with Crippen LogP contribution in [0.5, 0.6) is 0 Å². The standard InChI is InChI=1S/C16H25NO3S/c1-4-16(5-2,11-15(19)20)17-14(18)8-6-7-13-10-9-12(3)21-13/h9-10H,4-8,11H2,1-3H3,(H,17,18)(H,19,20). The van der Waals surface area contributed by atoms with Crippen LogP contribution in [0.4, 0.5) is 0 Å². The predicted octanol–water partition coefficient (Wildman–Crippen LogP) is 3.53. The van der Waals surface area contributed by atoms with Crippen LogP contribution in [-0.4, -0.2) is 22.5 Å². The highest BCUT2D eigenvalue weighted by molar-refractivity contribution is 7.11. The minimum Gasteiger partial charge on any atom is -0.481 e. The zero-order chi connectivity index (χ0) is 15.9. The molecule has 0 spiro atoms. The molecule has 0 aromatic carbocycles. The van der Waals surface area contributed by atoms with Gasteiger partial charge in [0.1, 0.15) is 0 Å². The SMILES string of the molecule is CCC(CC)(CC(=O)O)NC(=O)CCCc1ccc(C)s1. The van der Waals surface area contributed by atoms with Gasteiger partial charge < -0.3 is 10.4 Å². The van der Waals surface area contributed by atoms with Gasteiger partial charge in [-0.05, 0) is 44.7 Å². The Bertz CT molecular complexity index is 478. The van der Waals surface area contributed by atoms with E-state index in [0.717, 1.165) is 12.8 Å². The number of thiophene rings is 1. The smallest absolute Gasteiger partial charge is 0.305 e. The number of hydrogen-bond acceptors (Lipinski definition) is 3. The maximum Gasteiger partial charge on any atom is 0.305 e. The lowest BCUT2D eigenvalue weighted by molar-refractivity contribution is -0.139.